The van der Waals surface area contributed by atoms with Gasteiger partial charge in [0.2, 0.25) is 5.28 Å². The fourth-order valence-electron chi connectivity index (χ4n) is 2.17. The van der Waals surface area contributed by atoms with Crippen molar-refractivity contribution in [2.75, 3.05) is 0 Å². The molecule has 0 radical (unpaired) electrons. The lowest BCUT2D eigenvalue weighted by Crippen LogP contribution is -2.37. The van der Waals surface area contributed by atoms with E-state index >= 15 is 0 Å². The molecule has 3 aromatic rings. The number of aryl methyl sites for hydroxylation is 2. The second kappa shape index (κ2) is 4.81. The highest BCUT2D eigenvalue weighted by Crippen LogP contribution is 2.19. The van der Waals surface area contributed by atoms with Crippen LogP contribution in [0.5, 0.6) is 0 Å². The Morgan fingerprint density at radius 1 is 1.29 bits per heavy atom. The van der Waals surface area contributed by atoms with Crippen LogP contribution in [0.25, 0.3) is 11.2 Å². The van der Waals surface area contributed by atoms with Crippen LogP contribution in [0.4, 0.5) is 0 Å². The maximum atomic E-state index is 12.3. The molecule has 3 heterocycles. The third-order valence-corrected chi connectivity index (χ3v) is 4.45. The van der Waals surface area contributed by atoms with Gasteiger partial charge in [-0.05, 0) is 18.5 Å². The summed E-state index contributed by atoms with van der Waals surface area (Å²) >= 11 is 7.66. The van der Waals surface area contributed by atoms with Gasteiger partial charge in [0.1, 0.15) is 5.01 Å². The zero-order valence-electron chi connectivity index (χ0n) is 11.6. The van der Waals surface area contributed by atoms with Crippen LogP contribution in [0.15, 0.2) is 15.8 Å². The van der Waals surface area contributed by atoms with Crippen molar-refractivity contribution < 1.29 is 0 Å². The maximum Gasteiger partial charge on any atom is 0.332 e. The monoisotopic (exact) mass is 325 g/mol. The second-order valence-corrected chi connectivity index (χ2v) is 6.37. The summed E-state index contributed by atoms with van der Waals surface area (Å²) in [7, 11) is 2.99. The number of nitrogens with zero attached hydrogens (tertiary/aromatic N) is 5. The van der Waals surface area contributed by atoms with Crippen LogP contribution in [0, 0.1) is 6.92 Å². The molecule has 0 saturated heterocycles. The average molecular weight is 326 g/mol. The van der Waals surface area contributed by atoms with E-state index in [1.165, 1.54) is 23.0 Å². The fourth-order valence-corrected chi connectivity index (χ4v) is 3.17. The summed E-state index contributed by atoms with van der Waals surface area (Å²) in [4.78, 5) is 33.7. The highest BCUT2D eigenvalue weighted by atomic mass is 35.5. The molecule has 0 aliphatic carbocycles. The molecular formula is C12H12ClN5O2S. The molecule has 0 atom stereocenters. The number of thiazole rings is 1. The van der Waals surface area contributed by atoms with Gasteiger partial charge in [-0.15, -0.1) is 11.3 Å². The minimum atomic E-state index is -0.432. The van der Waals surface area contributed by atoms with Crippen molar-refractivity contribution in [2.45, 2.75) is 13.5 Å². The molecule has 0 spiro atoms. The molecule has 21 heavy (non-hydrogen) atoms. The highest BCUT2D eigenvalue weighted by molar-refractivity contribution is 7.11. The maximum absolute atomic E-state index is 12.3. The summed E-state index contributed by atoms with van der Waals surface area (Å²) in [5.74, 6) is 0. The molecule has 7 nitrogen and oxygen atoms in total. The fraction of sp³-hybridized carbons (Fsp3) is 0.333. The van der Waals surface area contributed by atoms with Gasteiger partial charge >= 0.3 is 5.69 Å². The zero-order valence-corrected chi connectivity index (χ0v) is 13.2. The lowest BCUT2D eigenvalue weighted by Gasteiger charge is -2.05. The van der Waals surface area contributed by atoms with Crippen LogP contribution in [0.2, 0.25) is 5.28 Å². The Kier molecular flexibility index (Phi) is 3.22. The van der Waals surface area contributed by atoms with E-state index in [2.05, 4.69) is 9.97 Å². The largest absolute Gasteiger partial charge is 0.332 e. The zero-order chi connectivity index (χ0) is 15.3. The van der Waals surface area contributed by atoms with Crippen molar-refractivity contribution in [3.05, 3.63) is 42.2 Å². The van der Waals surface area contributed by atoms with Gasteiger partial charge in [0.15, 0.2) is 11.2 Å². The van der Waals surface area contributed by atoms with Crippen molar-refractivity contribution in [3.63, 3.8) is 0 Å². The molecule has 0 bridgehead atoms. The Balaban J connectivity index is 2.31. The second-order valence-electron chi connectivity index (χ2n) is 4.71. The van der Waals surface area contributed by atoms with E-state index < -0.39 is 11.2 Å². The van der Waals surface area contributed by atoms with E-state index in [0.717, 1.165) is 14.5 Å². The van der Waals surface area contributed by atoms with Gasteiger partial charge in [0.25, 0.3) is 5.56 Å². The predicted octanol–water partition coefficient (Wildman–Crippen LogP) is 0.900. The van der Waals surface area contributed by atoms with Crippen LogP contribution < -0.4 is 11.2 Å². The van der Waals surface area contributed by atoms with Gasteiger partial charge in [0.05, 0.1) is 6.54 Å². The summed E-state index contributed by atoms with van der Waals surface area (Å²) in [6.45, 7) is 2.30. The van der Waals surface area contributed by atoms with Gasteiger partial charge < -0.3 is 4.57 Å². The summed E-state index contributed by atoms with van der Waals surface area (Å²) < 4.78 is 3.94. The number of aromatic nitrogens is 5. The Labute approximate surface area is 128 Å². The number of hydrogen-bond donors (Lipinski definition) is 0. The molecule has 0 aromatic carbocycles. The Morgan fingerprint density at radius 3 is 2.62 bits per heavy atom. The average Bonchev–Trinajstić information content (AvgIpc) is 2.99. The summed E-state index contributed by atoms with van der Waals surface area (Å²) in [5, 5.41) is 0.987. The summed E-state index contributed by atoms with van der Waals surface area (Å²) in [6, 6.07) is 0. The van der Waals surface area contributed by atoms with E-state index in [1.54, 1.807) is 17.8 Å². The van der Waals surface area contributed by atoms with E-state index in [-0.39, 0.29) is 10.9 Å². The molecule has 9 heteroatoms. The number of hydrogen-bond acceptors (Lipinski definition) is 5. The molecule has 0 N–H and O–H groups in total. The van der Waals surface area contributed by atoms with Crippen molar-refractivity contribution in [3.8, 4) is 0 Å². The van der Waals surface area contributed by atoms with Gasteiger partial charge in [-0.1, -0.05) is 0 Å². The Morgan fingerprint density at radius 2 is 2.00 bits per heavy atom. The smallest absolute Gasteiger partial charge is 0.302 e. The van der Waals surface area contributed by atoms with Crippen LogP contribution in [-0.2, 0) is 20.6 Å². The van der Waals surface area contributed by atoms with Crippen LogP contribution in [0.1, 0.15) is 9.88 Å². The Bertz CT molecular complexity index is 965. The van der Waals surface area contributed by atoms with Gasteiger partial charge in [-0.3, -0.25) is 13.9 Å². The number of imidazole rings is 1. The van der Waals surface area contributed by atoms with Gasteiger partial charge in [0, 0.05) is 25.2 Å². The van der Waals surface area contributed by atoms with Crippen LogP contribution in [0.3, 0.4) is 0 Å². The molecule has 110 valence electrons. The first-order valence-electron chi connectivity index (χ1n) is 6.13. The summed E-state index contributed by atoms with van der Waals surface area (Å²) in [5.41, 5.74) is -0.265. The van der Waals surface area contributed by atoms with E-state index in [9.17, 15) is 9.59 Å². The van der Waals surface area contributed by atoms with Crippen LogP contribution in [-0.4, -0.2) is 23.7 Å². The highest BCUT2D eigenvalue weighted by Gasteiger charge is 2.18. The van der Waals surface area contributed by atoms with E-state index in [1.807, 2.05) is 6.92 Å². The normalized spacial score (nSPS) is 11.4. The predicted molar refractivity (Wildman–Crippen MR) is 81.2 cm³/mol. The molecule has 0 aliphatic heterocycles. The SMILES string of the molecule is Cc1cnc(Cn2c(Cl)nc3c2c(=O)n(C)c(=O)n3C)s1. The van der Waals surface area contributed by atoms with Crippen molar-refractivity contribution >= 4 is 34.1 Å². The summed E-state index contributed by atoms with van der Waals surface area (Å²) in [6.07, 6.45) is 1.76. The first-order chi connectivity index (χ1) is 9.90. The van der Waals surface area contributed by atoms with Crippen molar-refractivity contribution in [2.24, 2.45) is 14.1 Å². The number of fused-ring (bicyclic) bond motifs is 1. The topological polar surface area (TPSA) is 74.7 Å². The molecule has 0 fully saturated rings. The number of halogens is 1. The van der Waals surface area contributed by atoms with Crippen molar-refractivity contribution in [1.82, 2.24) is 23.7 Å². The van der Waals surface area contributed by atoms with Gasteiger partial charge in [-0.25, -0.2) is 9.78 Å². The molecule has 0 aliphatic rings. The third-order valence-electron chi connectivity index (χ3n) is 3.26. The lowest BCUT2D eigenvalue weighted by atomic mass is 10.5. The van der Waals surface area contributed by atoms with E-state index in [0.29, 0.717) is 12.1 Å². The molecular weight excluding hydrogens is 314 g/mol. The molecule has 0 unspecified atom stereocenters. The standard InChI is InChI=1S/C12H12ClN5O2S/c1-6-4-14-7(21-6)5-18-8-9(15-11(18)13)16(2)12(20)17(3)10(8)19/h4H,5H2,1-3H3. The van der Waals surface area contributed by atoms with Gasteiger partial charge in [-0.2, -0.15) is 4.98 Å². The minimum absolute atomic E-state index is 0.163. The first kappa shape index (κ1) is 14.0. The quantitative estimate of drug-likeness (QED) is 0.656. The lowest BCUT2D eigenvalue weighted by molar-refractivity contribution is 0.702. The molecule has 0 saturated carbocycles. The first-order valence-corrected chi connectivity index (χ1v) is 7.32. The minimum Gasteiger partial charge on any atom is -0.302 e. The third kappa shape index (κ3) is 2.11. The van der Waals surface area contributed by atoms with Crippen LogP contribution >= 0.6 is 22.9 Å². The number of rotatable bonds is 2. The Hall–Kier alpha value is -1.93. The molecule has 3 rings (SSSR count). The molecule has 0 amide bonds. The van der Waals surface area contributed by atoms with Crippen molar-refractivity contribution in [1.29, 1.82) is 0 Å². The van der Waals surface area contributed by atoms with E-state index in [4.69, 9.17) is 11.6 Å². The molecule has 3 aromatic heterocycles.